The van der Waals surface area contributed by atoms with Crippen LogP contribution in [-0.4, -0.2) is 40.0 Å². The average Bonchev–Trinajstić information content (AvgIpc) is 3.21. The summed E-state index contributed by atoms with van der Waals surface area (Å²) >= 11 is 1.35. The van der Waals surface area contributed by atoms with E-state index in [2.05, 4.69) is 21.2 Å². The largest absolute Gasteiger partial charge is 0.493 e. The summed E-state index contributed by atoms with van der Waals surface area (Å²) in [4.78, 5) is 19.2. The summed E-state index contributed by atoms with van der Waals surface area (Å²) < 4.78 is 5.66. The van der Waals surface area contributed by atoms with Crippen LogP contribution in [0.5, 0.6) is 5.75 Å². The minimum Gasteiger partial charge on any atom is -0.493 e. The number of fused-ring (bicyclic) bond motifs is 1. The van der Waals surface area contributed by atoms with Crippen molar-refractivity contribution in [2.45, 2.75) is 24.9 Å². The maximum absolute atomic E-state index is 12.8. The lowest BCUT2D eigenvalue weighted by Crippen LogP contribution is -2.36. The van der Waals surface area contributed by atoms with Crippen molar-refractivity contribution in [3.8, 4) is 17.1 Å². The van der Waals surface area contributed by atoms with Gasteiger partial charge in [0.05, 0.1) is 17.9 Å². The molecule has 0 radical (unpaired) electrons. The van der Waals surface area contributed by atoms with Gasteiger partial charge in [-0.25, -0.2) is 4.98 Å². The molecule has 2 heterocycles. The van der Waals surface area contributed by atoms with Gasteiger partial charge in [0.2, 0.25) is 11.1 Å². The standard InChI is InChI=1S/C21H22N4O2S/c1-2-27-18-12-6-4-10-16(18)20-22-21(24-23-20)28-14-19(26)25-13-7-9-15-8-3-5-11-17(15)25/h3-6,8,10-12H,2,7,9,13-14H2,1H3,(H,22,23,24). The van der Waals surface area contributed by atoms with Gasteiger partial charge in [-0.2, -0.15) is 0 Å². The van der Waals surface area contributed by atoms with Crippen molar-refractivity contribution < 1.29 is 9.53 Å². The molecule has 6 nitrogen and oxygen atoms in total. The summed E-state index contributed by atoms with van der Waals surface area (Å²) in [6, 6.07) is 15.8. The third-order valence-electron chi connectivity index (χ3n) is 4.64. The molecule has 7 heteroatoms. The molecule has 0 bridgehead atoms. The predicted octanol–water partition coefficient (Wildman–Crippen LogP) is 3.94. The van der Waals surface area contributed by atoms with Gasteiger partial charge in [-0.1, -0.05) is 42.1 Å². The van der Waals surface area contributed by atoms with E-state index in [9.17, 15) is 4.79 Å². The zero-order valence-electron chi connectivity index (χ0n) is 15.7. The Balaban J connectivity index is 1.44. The topological polar surface area (TPSA) is 71.1 Å². The molecule has 0 spiro atoms. The van der Waals surface area contributed by atoms with Crippen LogP contribution in [0.3, 0.4) is 0 Å². The van der Waals surface area contributed by atoms with Gasteiger partial charge < -0.3 is 9.64 Å². The highest BCUT2D eigenvalue weighted by atomic mass is 32.2. The Morgan fingerprint density at radius 2 is 2.04 bits per heavy atom. The average molecular weight is 395 g/mol. The Bertz CT molecular complexity index is 972. The Labute approximate surface area is 168 Å². The quantitative estimate of drug-likeness (QED) is 0.641. The van der Waals surface area contributed by atoms with Crippen LogP contribution in [0, 0.1) is 0 Å². The lowest BCUT2D eigenvalue weighted by Gasteiger charge is -2.29. The number of carbonyl (C=O) groups is 1. The summed E-state index contributed by atoms with van der Waals surface area (Å²) in [6.45, 7) is 3.29. The molecule has 0 saturated carbocycles. The summed E-state index contributed by atoms with van der Waals surface area (Å²) in [5.41, 5.74) is 3.13. The summed E-state index contributed by atoms with van der Waals surface area (Å²) in [6.07, 6.45) is 2.02. The molecule has 1 amide bonds. The molecular weight excluding hydrogens is 372 g/mol. The number of hydrogen-bond acceptors (Lipinski definition) is 5. The third kappa shape index (κ3) is 3.89. The number of nitrogens with one attached hydrogen (secondary N) is 1. The van der Waals surface area contributed by atoms with Crippen LogP contribution in [0.2, 0.25) is 0 Å². The van der Waals surface area contributed by atoms with E-state index < -0.39 is 0 Å². The van der Waals surface area contributed by atoms with E-state index in [1.807, 2.05) is 54.3 Å². The van der Waals surface area contributed by atoms with E-state index >= 15 is 0 Å². The zero-order valence-corrected chi connectivity index (χ0v) is 16.5. The first-order valence-electron chi connectivity index (χ1n) is 9.42. The van der Waals surface area contributed by atoms with Crippen LogP contribution in [0.15, 0.2) is 53.7 Å². The van der Waals surface area contributed by atoms with Gasteiger partial charge in [0.25, 0.3) is 0 Å². The Kier molecular flexibility index (Phi) is 5.62. The molecule has 0 unspecified atom stereocenters. The number of carbonyl (C=O) groups excluding carboxylic acids is 1. The highest BCUT2D eigenvalue weighted by Gasteiger charge is 2.22. The van der Waals surface area contributed by atoms with Gasteiger partial charge in [0, 0.05) is 12.2 Å². The first-order chi connectivity index (χ1) is 13.8. The molecule has 0 aliphatic carbocycles. The van der Waals surface area contributed by atoms with E-state index in [1.165, 1.54) is 17.3 Å². The van der Waals surface area contributed by atoms with Crippen molar-refractivity contribution in [3.05, 3.63) is 54.1 Å². The van der Waals surface area contributed by atoms with Crippen molar-refractivity contribution in [2.75, 3.05) is 23.8 Å². The Morgan fingerprint density at radius 3 is 2.93 bits per heavy atom. The molecule has 28 heavy (non-hydrogen) atoms. The number of benzene rings is 2. The van der Waals surface area contributed by atoms with E-state index in [4.69, 9.17) is 4.74 Å². The van der Waals surface area contributed by atoms with Crippen molar-refractivity contribution in [1.82, 2.24) is 15.2 Å². The monoisotopic (exact) mass is 394 g/mol. The first-order valence-corrected chi connectivity index (χ1v) is 10.4. The molecule has 0 saturated heterocycles. The molecule has 144 valence electrons. The number of aromatic amines is 1. The first kappa shape index (κ1) is 18.6. The number of H-pyrrole nitrogens is 1. The number of aromatic nitrogens is 3. The van der Waals surface area contributed by atoms with E-state index in [0.29, 0.717) is 23.3 Å². The van der Waals surface area contributed by atoms with Crippen LogP contribution in [0.4, 0.5) is 5.69 Å². The molecule has 1 aliphatic heterocycles. The molecule has 1 N–H and O–H groups in total. The minimum absolute atomic E-state index is 0.0817. The second-order valence-corrected chi connectivity index (χ2v) is 7.40. The Morgan fingerprint density at radius 1 is 1.21 bits per heavy atom. The number of aryl methyl sites for hydroxylation is 1. The molecule has 3 aromatic rings. The summed E-state index contributed by atoms with van der Waals surface area (Å²) in [7, 11) is 0. The van der Waals surface area contributed by atoms with Gasteiger partial charge in [-0.05, 0) is 43.5 Å². The van der Waals surface area contributed by atoms with E-state index in [0.717, 1.165) is 36.4 Å². The van der Waals surface area contributed by atoms with Crippen molar-refractivity contribution in [3.63, 3.8) is 0 Å². The number of amides is 1. The number of thioether (sulfide) groups is 1. The fourth-order valence-corrected chi connectivity index (χ4v) is 4.05. The molecule has 1 aromatic heterocycles. The molecular formula is C21H22N4O2S. The predicted molar refractivity (Wildman–Crippen MR) is 111 cm³/mol. The highest BCUT2D eigenvalue weighted by Crippen LogP contribution is 2.30. The van der Waals surface area contributed by atoms with Gasteiger partial charge in [0.15, 0.2) is 5.82 Å². The zero-order chi connectivity index (χ0) is 19.3. The van der Waals surface area contributed by atoms with Crippen LogP contribution in [0.25, 0.3) is 11.4 Å². The van der Waals surface area contributed by atoms with Crippen LogP contribution >= 0.6 is 11.8 Å². The normalized spacial score (nSPS) is 13.2. The number of anilines is 1. The lowest BCUT2D eigenvalue weighted by molar-refractivity contribution is -0.116. The number of para-hydroxylation sites is 2. The SMILES string of the molecule is CCOc1ccccc1-c1nc(SCC(=O)N2CCCc3ccccc32)n[nH]1. The number of hydrogen-bond donors (Lipinski definition) is 1. The molecule has 0 atom stereocenters. The number of nitrogens with zero attached hydrogens (tertiary/aromatic N) is 3. The highest BCUT2D eigenvalue weighted by molar-refractivity contribution is 7.99. The van der Waals surface area contributed by atoms with Gasteiger partial charge in [-0.15, -0.1) is 5.10 Å². The van der Waals surface area contributed by atoms with Crippen molar-refractivity contribution in [1.29, 1.82) is 0 Å². The molecule has 1 aliphatic rings. The smallest absolute Gasteiger partial charge is 0.237 e. The van der Waals surface area contributed by atoms with Crippen LogP contribution in [-0.2, 0) is 11.2 Å². The molecule has 2 aromatic carbocycles. The molecule has 0 fully saturated rings. The van der Waals surface area contributed by atoms with E-state index in [-0.39, 0.29) is 5.91 Å². The van der Waals surface area contributed by atoms with Gasteiger partial charge >= 0.3 is 0 Å². The Hall–Kier alpha value is -2.80. The van der Waals surface area contributed by atoms with Crippen LogP contribution in [0.1, 0.15) is 18.9 Å². The van der Waals surface area contributed by atoms with Crippen LogP contribution < -0.4 is 9.64 Å². The fraction of sp³-hybridized carbons (Fsp3) is 0.286. The van der Waals surface area contributed by atoms with Crippen molar-refractivity contribution >= 4 is 23.4 Å². The third-order valence-corrected chi connectivity index (χ3v) is 5.48. The second kappa shape index (κ2) is 8.48. The molecule has 4 rings (SSSR count). The second-order valence-electron chi connectivity index (χ2n) is 6.46. The maximum atomic E-state index is 12.8. The van der Waals surface area contributed by atoms with Crippen molar-refractivity contribution in [2.24, 2.45) is 0 Å². The summed E-state index contributed by atoms with van der Waals surface area (Å²) in [5.74, 6) is 1.79. The fourth-order valence-electron chi connectivity index (χ4n) is 3.37. The maximum Gasteiger partial charge on any atom is 0.237 e. The van der Waals surface area contributed by atoms with Gasteiger partial charge in [0.1, 0.15) is 5.75 Å². The van der Waals surface area contributed by atoms with E-state index in [1.54, 1.807) is 0 Å². The number of ether oxygens (including phenoxy) is 1. The number of rotatable bonds is 6. The minimum atomic E-state index is 0.0817. The van der Waals surface area contributed by atoms with Gasteiger partial charge in [-0.3, -0.25) is 9.89 Å². The lowest BCUT2D eigenvalue weighted by atomic mass is 10.0. The summed E-state index contributed by atoms with van der Waals surface area (Å²) in [5, 5.41) is 7.76.